The molecule has 0 radical (unpaired) electrons. The van der Waals surface area contributed by atoms with E-state index in [1.807, 2.05) is 11.3 Å². The molecule has 1 atom stereocenters. The molecule has 2 heteroatoms. The lowest BCUT2D eigenvalue weighted by atomic mass is 9.87. The highest BCUT2D eigenvalue weighted by Crippen LogP contribution is 2.34. The first kappa shape index (κ1) is 15.9. The lowest BCUT2D eigenvalue weighted by Crippen LogP contribution is -2.33. The Morgan fingerprint density at radius 3 is 2.67 bits per heavy atom. The van der Waals surface area contributed by atoms with E-state index in [9.17, 15) is 0 Å². The van der Waals surface area contributed by atoms with Crippen LogP contribution in [0.5, 0.6) is 0 Å². The highest BCUT2D eigenvalue weighted by molar-refractivity contribution is 7.11. The second-order valence-electron chi connectivity index (χ2n) is 6.96. The summed E-state index contributed by atoms with van der Waals surface area (Å²) >= 11 is 1.88. The van der Waals surface area contributed by atoms with Gasteiger partial charge in [-0.05, 0) is 59.8 Å². The molecule has 0 spiro atoms. The average Bonchev–Trinajstić information content (AvgIpc) is 3.18. The Kier molecular flexibility index (Phi) is 4.96. The molecule has 2 aliphatic rings. The SMILES string of the molecule is C1=C(c2ccccc2)CCN(CC2CCC=C(c3cccs3)C2)C1. The lowest BCUT2D eigenvalue weighted by Gasteiger charge is -2.32. The number of hydrogen-bond donors (Lipinski definition) is 0. The van der Waals surface area contributed by atoms with E-state index in [1.165, 1.54) is 54.8 Å². The first-order valence-electron chi connectivity index (χ1n) is 9.08. The summed E-state index contributed by atoms with van der Waals surface area (Å²) in [6.45, 7) is 3.56. The molecule has 1 aromatic heterocycles. The van der Waals surface area contributed by atoms with Crippen molar-refractivity contribution in [3.8, 4) is 0 Å². The minimum absolute atomic E-state index is 0.818. The first-order valence-corrected chi connectivity index (χ1v) is 9.96. The van der Waals surface area contributed by atoms with E-state index >= 15 is 0 Å². The molecule has 1 nitrogen and oxygen atoms in total. The van der Waals surface area contributed by atoms with Crippen molar-refractivity contribution in [2.45, 2.75) is 25.7 Å². The van der Waals surface area contributed by atoms with Crippen molar-refractivity contribution in [2.24, 2.45) is 5.92 Å². The van der Waals surface area contributed by atoms with Gasteiger partial charge in [0.05, 0.1) is 0 Å². The maximum absolute atomic E-state index is 2.65. The van der Waals surface area contributed by atoms with E-state index < -0.39 is 0 Å². The zero-order chi connectivity index (χ0) is 16.2. The van der Waals surface area contributed by atoms with E-state index in [1.54, 1.807) is 5.57 Å². The standard InChI is InChI=1S/C22H25NS/c1-2-7-19(8-3-1)20-11-13-23(14-12-20)17-18-6-4-9-21(16-18)22-10-5-15-24-22/h1-3,5,7-11,15,18H,4,6,12-14,16-17H2. The largest absolute Gasteiger partial charge is 0.299 e. The first-order chi connectivity index (χ1) is 11.9. The van der Waals surface area contributed by atoms with Gasteiger partial charge in [-0.15, -0.1) is 11.3 Å². The van der Waals surface area contributed by atoms with E-state index in [-0.39, 0.29) is 0 Å². The average molecular weight is 336 g/mol. The predicted octanol–water partition coefficient (Wildman–Crippen LogP) is 5.72. The summed E-state index contributed by atoms with van der Waals surface area (Å²) in [4.78, 5) is 4.12. The molecule has 24 heavy (non-hydrogen) atoms. The highest BCUT2D eigenvalue weighted by Gasteiger charge is 2.21. The Balaban J connectivity index is 1.34. The van der Waals surface area contributed by atoms with Crippen LogP contribution in [0.25, 0.3) is 11.1 Å². The van der Waals surface area contributed by atoms with Crippen molar-refractivity contribution < 1.29 is 0 Å². The third-order valence-electron chi connectivity index (χ3n) is 5.27. The van der Waals surface area contributed by atoms with Crippen LogP contribution in [-0.4, -0.2) is 24.5 Å². The molecule has 2 heterocycles. The smallest absolute Gasteiger partial charge is 0.0299 e. The van der Waals surface area contributed by atoms with E-state index in [2.05, 4.69) is 64.9 Å². The Morgan fingerprint density at radius 1 is 1.00 bits per heavy atom. The van der Waals surface area contributed by atoms with Gasteiger partial charge < -0.3 is 0 Å². The molecule has 0 amide bonds. The fourth-order valence-electron chi connectivity index (χ4n) is 3.96. The summed E-state index contributed by atoms with van der Waals surface area (Å²) in [6.07, 6.45) is 9.94. The molecule has 124 valence electrons. The van der Waals surface area contributed by atoms with Crippen LogP contribution in [0, 0.1) is 5.92 Å². The van der Waals surface area contributed by atoms with Crippen LogP contribution in [0.15, 0.2) is 60.0 Å². The monoisotopic (exact) mass is 335 g/mol. The molecule has 0 N–H and O–H groups in total. The summed E-state index contributed by atoms with van der Waals surface area (Å²) in [5, 5.41) is 2.19. The molecule has 0 bridgehead atoms. The third kappa shape index (κ3) is 3.71. The van der Waals surface area contributed by atoms with Gasteiger partial charge in [0.25, 0.3) is 0 Å². The van der Waals surface area contributed by atoms with E-state index in [0.29, 0.717) is 0 Å². The molecule has 0 saturated heterocycles. The molecule has 1 aromatic carbocycles. The third-order valence-corrected chi connectivity index (χ3v) is 6.21. The van der Waals surface area contributed by atoms with Crippen LogP contribution in [0.3, 0.4) is 0 Å². The molecule has 1 aliphatic carbocycles. The molecular weight excluding hydrogens is 310 g/mol. The van der Waals surface area contributed by atoms with Gasteiger partial charge in [0, 0.05) is 24.5 Å². The van der Waals surface area contributed by atoms with Crippen molar-refractivity contribution in [3.63, 3.8) is 0 Å². The van der Waals surface area contributed by atoms with Crippen molar-refractivity contribution >= 4 is 22.5 Å². The molecule has 1 aliphatic heterocycles. The minimum atomic E-state index is 0.818. The Morgan fingerprint density at radius 2 is 1.92 bits per heavy atom. The van der Waals surface area contributed by atoms with Crippen LogP contribution < -0.4 is 0 Å². The van der Waals surface area contributed by atoms with Gasteiger partial charge in [-0.25, -0.2) is 0 Å². The second kappa shape index (κ2) is 7.50. The van der Waals surface area contributed by atoms with Crippen molar-refractivity contribution in [1.29, 1.82) is 0 Å². The van der Waals surface area contributed by atoms with Gasteiger partial charge in [0.1, 0.15) is 0 Å². The second-order valence-corrected chi connectivity index (χ2v) is 7.91. The van der Waals surface area contributed by atoms with Gasteiger partial charge in [-0.2, -0.15) is 0 Å². The zero-order valence-electron chi connectivity index (χ0n) is 14.2. The maximum atomic E-state index is 2.65. The minimum Gasteiger partial charge on any atom is -0.299 e. The quantitative estimate of drug-likeness (QED) is 0.690. The van der Waals surface area contributed by atoms with Gasteiger partial charge in [-0.3, -0.25) is 4.90 Å². The number of nitrogens with zero attached hydrogens (tertiary/aromatic N) is 1. The summed E-state index contributed by atoms with van der Waals surface area (Å²) in [7, 11) is 0. The van der Waals surface area contributed by atoms with Gasteiger partial charge in [0.15, 0.2) is 0 Å². The van der Waals surface area contributed by atoms with E-state index in [0.717, 1.165) is 12.5 Å². The fourth-order valence-corrected chi connectivity index (χ4v) is 4.74. The topological polar surface area (TPSA) is 3.24 Å². The van der Waals surface area contributed by atoms with Crippen LogP contribution >= 0.6 is 11.3 Å². The molecule has 1 unspecified atom stereocenters. The molecule has 4 rings (SSSR count). The number of rotatable bonds is 4. The van der Waals surface area contributed by atoms with Crippen molar-refractivity contribution in [3.05, 3.63) is 70.4 Å². The van der Waals surface area contributed by atoms with Crippen molar-refractivity contribution in [1.82, 2.24) is 4.90 Å². The molecule has 2 aromatic rings. The van der Waals surface area contributed by atoms with Crippen LogP contribution in [0.2, 0.25) is 0 Å². The normalized spacial score (nSPS) is 22.1. The number of allylic oxidation sites excluding steroid dienone is 2. The summed E-state index contributed by atoms with van der Waals surface area (Å²) in [5.41, 5.74) is 4.51. The molecular formula is C22H25NS. The number of hydrogen-bond acceptors (Lipinski definition) is 2. The fraction of sp³-hybridized carbons (Fsp3) is 0.364. The zero-order valence-corrected chi connectivity index (χ0v) is 15.0. The Hall–Kier alpha value is -1.64. The molecule has 0 fully saturated rings. The Bertz CT molecular complexity index is 712. The number of benzene rings is 1. The van der Waals surface area contributed by atoms with Crippen LogP contribution in [0.1, 0.15) is 36.1 Å². The van der Waals surface area contributed by atoms with Gasteiger partial charge in [-0.1, -0.05) is 48.6 Å². The van der Waals surface area contributed by atoms with E-state index in [4.69, 9.17) is 0 Å². The molecule has 0 saturated carbocycles. The van der Waals surface area contributed by atoms with Crippen LogP contribution in [0.4, 0.5) is 0 Å². The van der Waals surface area contributed by atoms with Gasteiger partial charge in [0.2, 0.25) is 0 Å². The Labute approximate surface area is 149 Å². The summed E-state index contributed by atoms with van der Waals surface area (Å²) in [6, 6.07) is 15.3. The van der Waals surface area contributed by atoms with Crippen molar-refractivity contribution in [2.75, 3.05) is 19.6 Å². The lowest BCUT2D eigenvalue weighted by molar-refractivity contribution is 0.244. The summed E-state index contributed by atoms with van der Waals surface area (Å²) in [5.74, 6) is 0.818. The van der Waals surface area contributed by atoms with Gasteiger partial charge >= 0.3 is 0 Å². The predicted molar refractivity (Wildman–Crippen MR) is 105 cm³/mol. The summed E-state index contributed by atoms with van der Waals surface area (Å²) < 4.78 is 0. The maximum Gasteiger partial charge on any atom is 0.0299 e. The van der Waals surface area contributed by atoms with Crippen LogP contribution in [-0.2, 0) is 0 Å². The number of thiophene rings is 1. The highest BCUT2D eigenvalue weighted by atomic mass is 32.1.